The van der Waals surface area contributed by atoms with Crippen molar-refractivity contribution in [2.24, 2.45) is 5.92 Å². The average molecular weight is 507 g/mol. The number of amides is 3. The molecular formula is C21H32Cl2N4O4S. The SMILES string of the molecule is CCCCNC(=O)N1CCN(C(=O)C(NS(=O)(=O)c2cc(Cl)ccc2Cl)C(C)C)CC1C. The molecule has 0 aliphatic carbocycles. The first-order valence-electron chi connectivity index (χ1n) is 10.8. The zero-order valence-corrected chi connectivity index (χ0v) is 21.2. The average Bonchev–Trinajstić information content (AvgIpc) is 2.73. The second-order valence-corrected chi connectivity index (χ2v) is 10.9. The highest BCUT2D eigenvalue weighted by atomic mass is 35.5. The fourth-order valence-electron chi connectivity index (χ4n) is 3.52. The molecule has 180 valence electrons. The fourth-order valence-corrected chi connectivity index (χ4v) is 5.62. The highest BCUT2D eigenvalue weighted by molar-refractivity contribution is 7.89. The summed E-state index contributed by atoms with van der Waals surface area (Å²) in [5.74, 6) is -0.638. The minimum absolute atomic E-state index is 0.0215. The number of halogens is 2. The van der Waals surface area contributed by atoms with E-state index in [1.807, 2.05) is 6.92 Å². The van der Waals surface area contributed by atoms with E-state index in [1.165, 1.54) is 18.2 Å². The summed E-state index contributed by atoms with van der Waals surface area (Å²) in [6.45, 7) is 9.11. The van der Waals surface area contributed by atoms with Crippen LogP contribution in [0.25, 0.3) is 0 Å². The molecule has 1 aromatic rings. The van der Waals surface area contributed by atoms with E-state index in [2.05, 4.69) is 17.0 Å². The molecule has 11 heteroatoms. The molecule has 1 aromatic carbocycles. The van der Waals surface area contributed by atoms with E-state index in [0.29, 0.717) is 26.2 Å². The number of unbranched alkanes of at least 4 members (excludes halogenated alkanes) is 1. The number of rotatable bonds is 8. The predicted octanol–water partition coefficient (Wildman–Crippen LogP) is 3.34. The molecular weight excluding hydrogens is 475 g/mol. The zero-order chi connectivity index (χ0) is 24.1. The molecule has 1 saturated heterocycles. The number of nitrogens with one attached hydrogen (secondary N) is 2. The summed E-state index contributed by atoms with van der Waals surface area (Å²) in [4.78, 5) is 28.8. The molecule has 3 amide bonds. The van der Waals surface area contributed by atoms with Crippen LogP contribution in [0.2, 0.25) is 10.0 Å². The smallest absolute Gasteiger partial charge is 0.317 e. The summed E-state index contributed by atoms with van der Waals surface area (Å²) in [5, 5.41) is 3.14. The summed E-state index contributed by atoms with van der Waals surface area (Å²) >= 11 is 12.0. The lowest BCUT2D eigenvalue weighted by atomic mass is 10.0. The van der Waals surface area contributed by atoms with Crippen molar-refractivity contribution in [1.82, 2.24) is 19.8 Å². The molecule has 0 spiro atoms. The number of hydrogen-bond acceptors (Lipinski definition) is 4. The third kappa shape index (κ3) is 6.73. The van der Waals surface area contributed by atoms with Crippen molar-refractivity contribution < 1.29 is 18.0 Å². The minimum atomic E-state index is -4.08. The van der Waals surface area contributed by atoms with Crippen LogP contribution in [-0.4, -0.2) is 68.4 Å². The van der Waals surface area contributed by atoms with Gasteiger partial charge in [-0.15, -0.1) is 0 Å². The van der Waals surface area contributed by atoms with Gasteiger partial charge in [-0.2, -0.15) is 4.72 Å². The minimum Gasteiger partial charge on any atom is -0.338 e. The Balaban J connectivity index is 2.11. The molecule has 1 aliphatic heterocycles. The number of urea groups is 1. The normalized spacial score (nSPS) is 18.0. The van der Waals surface area contributed by atoms with E-state index >= 15 is 0 Å². The lowest BCUT2D eigenvalue weighted by Crippen LogP contribution is -2.61. The molecule has 1 heterocycles. The maximum absolute atomic E-state index is 13.3. The van der Waals surface area contributed by atoms with Gasteiger partial charge in [-0.3, -0.25) is 4.79 Å². The fraction of sp³-hybridized carbons (Fsp3) is 0.619. The maximum atomic E-state index is 13.3. The molecule has 2 rings (SSSR count). The van der Waals surface area contributed by atoms with Gasteiger partial charge in [0.05, 0.1) is 5.02 Å². The summed E-state index contributed by atoms with van der Waals surface area (Å²) < 4.78 is 28.4. The Labute approximate surface area is 200 Å². The van der Waals surface area contributed by atoms with Crippen LogP contribution in [0.15, 0.2) is 23.1 Å². The molecule has 2 atom stereocenters. The van der Waals surface area contributed by atoms with E-state index in [-0.39, 0.29) is 38.8 Å². The Kier molecular flexibility index (Phi) is 9.63. The summed E-state index contributed by atoms with van der Waals surface area (Å²) in [5.41, 5.74) is 0. The van der Waals surface area contributed by atoms with Crippen LogP contribution < -0.4 is 10.0 Å². The van der Waals surface area contributed by atoms with Crippen molar-refractivity contribution in [2.75, 3.05) is 26.2 Å². The van der Waals surface area contributed by atoms with Gasteiger partial charge in [0.25, 0.3) is 0 Å². The molecule has 32 heavy (non-hydrogen) atoms. The third-order valence-corrected chi connectivity index (χ3v) is 7.56. The Morgan fingerprint density at radius 1 is 1.22 bits per heavy atom. The lowest BCUT2D eigenvalue weighted by molar-refractivity contribution is -0.136. The van der Waals surface area contributed by atoms with Crippen LogP contribution in [0.4, 0.5) is 4.79 Å². The van der Waals surface area contributed by atoms with Crippen LogP contribution in [0.1, 0.15) is 40.5 Å². The van der Waals surface area contributed by atoms with Crippen molar-refractivity contribution in [2.45, 2.75) is 57.5 Å². The second-order valence-electron chi connectivity index (χ2n) is 8.33. The lowest BCUT2D eigenvalue weighted by Gasteiger charge is -2.41. The molecule has 8 nitrogen and oxygen atoms in total. The maximum Gasteiger partial charge on any atom is 0.317 e. The molecule has 0 saturated carbocycles. The second kappa shape index (κ2) is 11.5. The largest absolute Gasteiger partial charge is 0.338 e. The quantitative estimate of drug-likeness (QED) is 0.528. The van der Waals surface area contributed by atoms with Gasteiger partial charge in [0.2, 0.25) is 15.9 Å². The topological polar surface area (TPSA) is 98.8 Å². The van der Waals surface area contributed by atoms with E-state index in [9.17, 15) is 18.0 Å². The van der Waals surface area contributed by atoms with E-state index < -0.39 is 16.1 Å². The van der Waals surface area contributed by atoms with Gasteiger partial charge >= 0.3 is 6.03 Å². The van der Waals surface area contributed by atoms with Crippen LogP contribution >= 0.6 is 23.2 Å². The zero-order valence-electron chi connectivity index (χ0n) is 18.9. The number of carbonyl (C=O) groups excluding carboxylic acids is 2. The standard InChI is InChI=1S/C21H32Cl2N4O4S/c1-5-6-9-24-21(29)27-11-10-26(13-15(27)4)20(28)19(14(2)3)25-32(30,31)18-12-16(22)7-8-17(18)23/h7-8,12,14-15,19,25H,5-6,9-11,13H2,1-4H3,(H,24,29). The van der Waals surface area contributed by atoms with Gasteiger partial charge in [0.15, 0.2) is 0 Å². The van der Waals surface area contributed by atoms with Crippen molar-refractivity contribution in [3.8, 4) is 0 Å². The highest BCUT2D eigenvalue weighted by Crippen LogP contribution is 2.26. The van der Waals surface area contributed by atoms with E-state index in [1.54, 1.807) is 23.6 Å². The summed E-state index contributed by atoms with van der Waals surface area (Å²) in [6.07, 6.45) is 1.90. The van der Waals surface area contributed by atoms with Gasteiger partial charge in [-0.1, -0.05) is 50.4 Å². The first-order valence-corrected chi connectivity index (χ1v) is 13.0. The number of sulfonamides is 1. The van der Waals surface area contributed by atoms with Crippen molar-refractivity contribution in [1.29, 1.82) is 0 Å². The van der Waals surface area contributed by atoms with Crippen molar-refractivity contribution in [3.05, 3.63) is 28.2 Å². The van der Waals surface area contributed by atoms with E-state index in [0.717, 1.165) is 12.8 Å². The number of nitrogens with zero attached hydrogens (tertiary/aromatic N) is 2. The first-order chi connectivity index (χ1) is 15.0. The monoisotopic (exact) mass is 506 g/mol. The number of benzene rings is 1. The van der Waals surface area contributed by atoms with Crippen molar-refractivity contribution >= 4 is 45.2 Å². The van der Waals surface area contributed by atoms with Gasteiger partial charge < -0.3 is 15.1 Å². The first kappa shape index (κ1) is 26.7. The molecule has 2 unspecified atom stereocenters. The molecule has 2 N–H and O–H groups in total. The predicted molar refractivity (Wildman–Crippen MR) is 126 cm³/mol. The number of carbonyl (C=O) groups is 2. The van der Waals surface area contributed by atoms with Crippen LogP contribution in [-0.2, 0) is 14.8 Å². The third-order valence-electron chi connectivity index (χ3n) is 5.40. The molecule has 0 radical (unpaired) electrons. The highest BCUT2D eigenvalue weighted by Gasteiger charge is 2.36. The molecule has 1 aliphatic rings. The Morgan fingerprint density at radius 3 is 2.50 bits per heavy atom. The number of piperazine rings is 1. The Bertz CT molecular complexity index is 926. The Morgan fingerprint density at radius 2 is 1.91 bits per heavy atom. The van der Waals surface area contributed by atoms with Crippen LogP contribution in [0, 0.1) is 5.92 Å². The molecule has 0 aromatic heterocycles. The van der Waals surface area contributed by atoms with Gasteiger partial charge in [-0.05, 0) is 37.5 Å². The van der Waals surface area contributed by atoms with Gasteiger partial charge in [-0.25, -0.2) is 13.2 Å². The van der Waals surface area contributed by atoms with E-state index in [4.69, 9.17) is 23.2 Å². The van der Waals surface area contributed by atoms with Crippen molar-refractivity contribution in [3.63, 3.8) is 0 Å². The molecule has 1 fully saturated rings. The molecule has 0 bridgehead atoms. The van der Waals surface area contributed by atoms with Gasteiger partial charge in [0.1, 0.15) is 10.9 Å². The number of hydrogen-bond donors (Lipinski definition) is 2. The summed E-state index contributed by atoms with van der Waals surface area (Å²) in [7, 11) is -4.08. The van der Waals surface area contributed by atoms with Crippen LogP contribution in [0.5, 0.6) is 0 Å². The van der Waals surface area contributed by atoms with Crippen LogP contribution in [0.3, 0.4) is 0 Å². The summed E-state index contributed by atoms with van der Waals surface area (Å²) in [6, 6.07) is 2.83. The Hall–Kier alpha value is -1.55. The van der Waals surface area contributed by atoms with Gasteiger partial charge in [0, 0.05) is 37.2 Å².